The molecule has 0 spiro atoms. The standard InChI is InChI=1S/C20H30O10/c21-11-29-13-27-7-3-1-5-15-9-16(19(23)24)10-18(20(25)26)17(15)6-2-4-8-28-14-30-12-22/h9-10,21-22H,1-8,11-14H2,(H,23,24)(H,25,26). The van der Waals surface area contributed by atoms with Crippen molar-refractivity contribution in [1.29, 1.82) is 0 Å². The summed E-state index contributed by atoms with van der Waals surface area (Å²) in [5.74, 6) is -2.33. The normalized spacial score (nSPS) is 11.0. The van der Waals surface area contributed by atoms with Gasteiger partial charge in [-0.05, 0) is 61.8 Å². The molecule has 30 heavy (non-hydrogen) atoms. The fourth-order valence-corrected chi connectivity index (χ4v) is 2.90. The number of rotatable bonds is 18. The van der Waals surface area contributed by atoms with Crippen molar-refractivity contribution in [3.63, 3.8) is 0 Å². The van der Waals surface area contributed by atoms with Gasteiger partial charge in [-0.25, -0.2) is 9.59 Å². The summed E-state index contributed by atoms with van der Waals surface area (Å²) in [7, 11) is 0. The van der Waals surface area contributed by atoms with E-state index >= 15 is 0 Å². The summed E-state index contributed by atoms with van der Waals surface area (Å²) in [6, 6.07) is 2.73. The molecular weight excluding hydrogens is 400 g/mol. The van der Waals surface area contributed by atoms with E-state index in [9.17, 15) is 19.8 Å². The molecule has 10 heteroatoms. The average Bonchev–Trinajstić information content (AvgIpc) is 2.72. The van der Waals surface area contributed by atoms with Crippen molar-refractivity contribution in [1.82, 2.24) is 0 Å². The van der Waals surface area contributed by atoms with Gasteiger partial charge >= 0.3 is 11.9 Å². The molecule has 0 saturated heterocycles. The highest BCUT2D eigenvalue weighted by Gasteiger charge is 2.18. The topological polar surface area (TPSA) is 152 Å². The Balaban J connectivity index is 2.75. The predicted octanol–water partition coefficient (Wildman–Crippen LogP) is 1.61. The lowest BCUT2D eigenvalue weighted by Gasteiger charge is -2.15. The van der Waals surface area contributed by atoms with Crippen LogP contribution in [0.5, 0.6) is 0 Å². The quantitative estimate of drug-likeness (QED) is 0.200. The van der Waals surface area contributed by atoms with Gasteiger partial charge in [-0.2, -0.15) is 0 Å². The average molecular weight is 430 g/mol. The van der Waals surface area contributed by atoms with E-state index in [1.165, 1.54) is 12.1 Å². The van der Waals surface area contributed by atoms with Crippen LogP contribution in [0.2, 0.25) is 0 Å². The predicted molar refractivity (Wildman–Crippen MR) is 104 cm³/mol. The van der Waals surface area contributed by atoms with Crippen LogP contribution in [0.4, 0.5) is 0 Å². The molecule has 0 aliphatic carbocycles. The molecule has 10 nitrogen and oxygen atoms in total. The number of carboxylic acid groups (broad SMARTS) is 2. The Labute approximate surface area is 174 Å². The van der Waals surface area contributed by atoms with Crippen LogP contribution in [0.25, 0.3) is 0 Å². The fraction of sp³-hybridized carbons (Fsp3) is 0.600. The number of ether oxygens (including phenoxy) is 4. The van der Waals surface area contributed by atoms with Crippen molar-refractivity contribution in [3.05, 3.63) is 34.4 Å². The lowest BCUT2D eigenvalue weighted by Crippen LogP contribution is -2.11. The summed E-state index contributed by atoms with van der Waals surface area (Å²) in [4.78, 5) is 23.1. The summed E-state index contributed by atoms with van der Waals surface area (Å²) < 4.78 is 19.7. The van der Waals surface area contributed by atoms with Crippen molar-refractivity contribution in [2.75, 3.05) is 40.4 Å². The highest BCUT2D eigenvalue weighted by Crippen LogP contribution is 2.23. The number of benzene rings is 1. The number of carboxylic acids is 2. The number of hydrogen-bond acceptors (Lipinski definition) is 8. The van der Waals surface area contributed by atoms with E-state index in [0.29, 0.717) is 62.9 Å². The first-order valence-electron chi connectivity index (χ1n) is 9.66. The minimum Gasteiger partial charge on any atom is -0.478 e. The maximum absolute atomic E-state index is 11.7. The molecule has 0 radical (unpaired) electrons. The molecule has 1 aromatic carbocycles. The lowest BCUT2D eigenvalue weighted by molar-refractivity contribution is -0.108. The monoisotopic (exact) mass is 430 g/mol. The Kier molecular flexibility index (Phi) is 13.6. The summed E-state index contributed by atoms with van der Waals surface area (Å²) >= 11 is 0. The minimum atomic E-state index is -1.17. The highest BCUT2D eigenvalue weighted by atomic mass is 16.7. The molecule has 0 atom stereocenters. The Bertz CT molecular complexity index is 647. The van der Waals surface area contributed by atoms with Crippen LogP contribution in [-0.4, -0.2) is 72.8 Å². The Morgan fingerprint density at radius 1 is 0.733 bits per heavy atom. The first-order valence-corrected chi connectivity index (χ1v) is 9.66. The minimum absolute atomic E-state index is 0.00188. The molecular formula is C20H30O10. The zero-order valence-electron chi connectivity index (χ0n) is 16.9. The third-order valence-corrected chi connectivity index (χ3v) is 4.29. The van der Waals surface area contributed by atoms with Gasteiger partial charge in [-0.3, -0.25) is 0 Å². The van der Waals surface area contributed by atoms with Gasteiger partial charge < -0.3 is 39.4 Å². The molecule has 0 fully saturated rings. The van der Waals surface area contributed by atoms with Gasteiger partial charge in [-0.15, -0.1) is 0 Å². The van der Waals surface area contributed by atoms with Crippen molar-refractivity contribution in [2.45, 2.75) is 38.5 Å². The van der Waals surface area contributed by atoms with Crippen molar-refractivity contribution < 1.29 is 49.0 Å². The molecule has 0 unspecified atom stereocenters. The zero-order chi connectivity index (χ0) is 22.2. The molecule has 0 saturated carbocycles. The second-order valence-electron chi connectivity index (χ2n) is 6.40. The number of unbranched alkanes of at least 4 members (excludes halogenated alkanes) is 2. The van der Waals surface area contributed by atoms with Crippen LogP contribution in [0, 0.1) is 0 Å². The van der Waals surface area contributed by atoms with E-state index in [1.54, 1.807) is 0 Å². The number of aliphatic hydroxyl groups is 2. The molecule has 0 amide bonds. The van der Waals surface area contributed by atoms with E-state index in [2.05, 4.69) is 9.47 Å². The van der Waals surface area contributed by atoms with E-state index in [1.807, 2.05) is 0 Å². The Morgan fingerprint density at radius 2 is 1.30 bits per heavy atom. The summed E-state index contributed by atoms with van der Waals surface area (Å²) in [5.41, 5.74) is 1.28. The van der Waals surface area contributed by atoms with Gasteiger partial charge in [0.25, 0.3) is 0 Å². The van der Waals surface area contributed by atoms with Crippen LogP contribution in [0.1, 0.15) is 57.5 Å². The smallest absolute Gasteiger partial charge is 0.335 e. The van der Waals surface area contributed by atoms with Gasteiger partial charge in [0.1, 0.15) is 27.2 Å². The second kappa shape index (κ2) is 15.7. The van der Waals surface area contributed by atoms with E-state index < -0.39 is 25.5 Å². The second-order valence-corrected chi connectivity index (χ2v) is 6.40. The largest absolute Gasteiger partial charge is 0.478 e. The van der Waals surface area contributed by atoms with Gasteiger partial charge in [-0.1, -0.05) is 0 Å². The van der Waals surface area contributed by atoms with Crippen LogP contribution >= 0.6 is 0 Å². The van der Waals surface area contributed by atoms with Gasteiger partial charge in [0.15, 0.2) is 0 Å². The molecule has 0 bridgehead atoms. The Hall–Kier alpha value is -2.08. The fourth-order valence-electron chi connectivity index (χ4n) is 2.90. The number of hydrogen-bond donors (Lipinski definition) is 4. The van der Waals surface area contributed by atoms with Crippen LogP contribution in [0.3, 0.4) is 0 Å². The molecule has 4 N–H and O–H groups in total. The maximum Gasteiger partial charge on any atom is 0.335 e. The molecule has 0 aliphatic rings. The van der Waals surface area contributed by atoms with Gasteiger partial charge in [0.05, 0.1) is 11.1 Å². The van der Waals surface area contributed by atoms with Crippen molar-refractivity contribution in [2.24, 2.45) is 0 Å². The van der Waals surface area contributed by atoms with E-state index in [4.69, 9.17) is 19.7 Å². The molecule has 0 aromatic heterocycles. The van der Waals surface area contributed by atoms with E-state index in [-0.39, 0.29) is 24.7 Å². The number of aromatic carboxylic acids is 2. The first kappa shape index (κ1) is 26.0. The van der Waals surface area contributed by atoms with Gasteiger partial charge in [0.2, 0.25) is 0 Å². The summed E-state index contributed by atoms with van der Waals surface area (Å²) in [5, 5.41) is 35.9. The van der Waals surface area contributed by atoms with Crippen LogP contribution in [0.15, 0.2) is 12.1 Å². The van der Waals surface area contributed by atoms with Crippen LogP contribution in [-0.2, 0) is 31.8 Å². The van der Waals surface area contributed by atoms with E-state index in [0.717, 1.165) is 0 Å². The molecule has 0 aliphatic heterocycles. The number of aliphatic hydroxyl groups excluding tert-OH is 2. The summed E-state index contributed by atoms with van der Waals surface area (Å²) in [6.45, 7) is -0.0412. The van der Waals surface area contributed by atoms with Crippen molar-refractivity contribution in [3.8, 4) is 0 Å². The lowest BCUT2D eigenvalue weighted by atomic mass is 9.91. The summed E-state index contributed by atoms with van der Waals surface area (Å²) in [6.07, 6.45) is 3.65. The molecule has 1 rings (SSSR count). The third-order valence-electron chi connectivity index (χ3n) is 4.29. The van der Waals surface area contributed by atoms with Crippen LogP contribution < -0.4 is 0 Å². The first-order chi connectivity index (χ1) is 14.5. The Morgan fingerprint density at radius 3 is 1.80 bits per heavy atom. The molecule has 170 valence electrons. The number of aryl methyl sites for hydroxylation is 1. The zero-order valence-corrected chi connectivity index (χ0v) is 16.9. The number of carbonyl (C=O) groups is 2. The maximum atomic E-state index is 11.7. The highest BCUT2D eigenvalue weighted by molar-refractivity contribution is 5.95. The molecule has 0 heterocycles. The van der Waals surface area contributed by atoms with Crippen molar-refractivity contribution >= 4 is 11.9 Å². The third kappa shape index (κ3) is 10.1. The SMILES string of the molecule is O=C(O)c1cc(CCCCOCOCO)c(CCCCOCOCO)c(C(=O)O)c1. The van der Waals surface area contributed by atoms with Gasteiger partial charge in [0, 0.05) is 13.2 Å². The molecule has 1 aromatic rings.